The van der Waals surface area contributed by atoms with Gasteiger partial charge in [0.2, 0.25) is 0 Å². The lowest BCUT2D eigenvalue weighted by molar-refractivity contribution is -0.624. The molecule has 4 heteroatoms. The lowest BCUT2D eigenvalue weighted by atomic mass is 9.87. The Labute approximate surface area is 155 Å². The average molecular weight is 356 g/mol. The van der Waals surface area contributed by atoms with E-state index in [1.807, 2.05) is 11.8 Å². The van der Waals surface area contributed by atoms with Crippen LogP contribution in [-0.4, -0.2) is 35.0 Å². The van der Waals surface area contributed by atoms with Gasteiger partial charge in [-0.2, -0.15) is 0 Å². The molecule has 0 amide bonds. The van der Waals surface area contributed by atoms with E-state index in [4.69, 9.17) is 9.47 Å². The van der Waals surface area contributed by atoms with Crippen LogP contribution in [0.3, 0.4) is 0 Å². The summed E-state index contributed by atoms with van der Waals surface area (Å²) in [6.45, 7) is 8.25. The maximum atomic E-state index is 10.6. The Morgan fingerprint density at radius 2 is 1.36 bits per heavy atom. The van der Waals surface area contributed by atoms with E-state index in [2.05, 4.69) is 13.8 Å². The molecule has 25 heavy (non-hydrogen) atoms. The second kappa shape index (κ2) is 10.2. The van der Waals surface area contributed by atoms with Gasteiger partial charge in [0.05, 0.1) is 0 Å². The molecule has 0 aromatic carbocycles. The highest BCUT2D eigenvalue weighted by Gasteiger charge is 2.61. The van der Waals surface area contributed by atoms with Crippen LogP contribution in [0.2, 0.25) is 0 Å². The lowest BCUT2D eigenvalue weighted by Crippen LogP contribution is -2.71. The molecule has 2 heterocycles. The fourth-order valence-electron chi connectivity index (χ4n) is 4.30. The van der Waals surface area contributed by atoms with Crippen LogP contribution >= 0.6 is 0 Å². The Morgan fingerprint density at radius 3 is 1.96 bits per heavy atom. The third kappa shape index (κ3) is 5.92. The lowest BCUT2D eigenvalue weighted by Gasteiger charge is -2.56. The average Bonchev–Trinajstić information content (AvgIpc) is 3.10. The quantitative estimate of drug-likeness (QED) is 0.449. The normalized spacial score (nSPS) is 31.2. The Hall–Kier alpha value is -0.160. The van der Waals surface area contributed by atoms with Gasteiger partial charge in [0, 0.05) is 19.0 Å². The number of likely N-dealkylation sites (tertiary alicyclic amines) is 1. The molecule has 2 saturated heterocycles. The Bertz CT molecular complexity index is 362. The second-order valence-corrected chi connectivity index (χ2v) is 8.21. The molecule has 0 aromatic heterocycles. The highest BCUT2D eigenvalue weighted by Crippen LogP contribution is 2.47. The first-order chi connectivity index (χ1) is 12.0. The summed E-state index contributed by atoms with van der Waals surface area (Å²) in [5, 5.41) is 10.6. The first kappa shape index (κ1) is 21.1. The minimum Gasteiger partial charge on any atom is -0.330 e. The number of unbranched alkanes of at least 4 members (excludes halogenated alkanes) is 7. The molecule has 0 radical (unpaired) electrons. The molecule has 2 fully saturated rings. The summed E-state index contributed by atoms with van der Waals surface area (Å²) in [6.07, 6.45) is 14.7. The van der Waals surface area contributed by atoms with Gasteiger partial charge in [-0.25, -0.2) is 4.90 Å². The maximum absolute atomic E-state index is 10.6. The van der Waals surface area contributed by atoms with Crippen molar-refractivity contribution in [3.8, 4) is 0 Å². The Kier molecular flexibility index (Phi) is 8.67. The number of nitrogens with zero attached hydrogens (tertiary/aromatic N) is 1. The standard InChI is InChI=1S/C21H41NO3/c1-4-6-8-9-10-11-12-16-19(15-7-5-2)20(3)24-21(23,25-20)22-17-13-14-18-22/h19,23H,4-18H2,1-3H3. The molecule has 2 rings (SSSR count). The molecule has 1 unspecified atom stereocenters. The predicted molar refractivity (Wildman–Crippen MR) is 102 cm³/mol. The molecule has 0 aromatic rings. The molecular weight excluding hydrogens is 314 g/mol. The van der Waals surface area contributed by atoms with E-state index in [1.165, 1.54) is 57.8 Å². The first-order valence-electron chi connectivity index (χ1n) is 10.9. The fraction of sp³-hybridized carbons (Fsp3) is 1.00. The minimum atomic E-state index is -1.46. The van der Waals surface area contributed by atoms with Crippen LogP contribution in [0.25, 0.3) is 0 Å². The van der Waals surface area contributed by atoms with Crippen LogP contribution in [0.5, 0.6) is 0 Å². The number of aliphatic hydroxyl groups is 1. The summed E-state index contributed by atoms with van der Waals surface area (Å²) < 4.78 is 12.1. The van der Waals surface area contributed by atoms with Crippen molar-refractivity contribution >= 4 is 0 Å². The molecule has 148 valence electrons. The van der Waals surface area contributed by atoms with E-state index >= 15 is 0 Å². The molecule has 0 saturated carbocycles. The van der Waals surface area contributed by atoms with Gasteiger partial charge in [0.25, 0.3) is 0 Å². The molecule has 0 spiro atoms. The van der Waals surface area contributed by atoms with Crippen molar-refractivity contribution in [2.45, 2.75) is 116 Å². The molecule has 0 bridgehead atoms. The van der Waals surface area contributed by atoms with Crippen LogP contribution < -0.4 is 0 Å². The van der Waals surface area contributed by atoms with Gasteiger partial charge in [0.1, 0.15) is 0 Å². The monoisotopic (exact) mass is 355 g/mol. The molecule has 0 aliphatic carbocycles. The van der Waals surface area contributed by atoms with Crippen LogP contribution in [-0.2, 0) is 9.47 Å². The zero-order valence-electron chi connectivity index (χ0n) is 16.9. The van der Waals surface area contributed by atoms with Crippen molar-refractivity contribution in [2.24, 2.45) is 5.92 Å². The number of hydrogen-bond acceptors (Lipinski definition) is 4. The summed E-state index contributed by atoms with van der Waals surface area (Å²) in [5.41, 5.74) is 0. The van der Waals surface area contributed by atoms with E-state index in [9.17, 15) is 5.11 Å². The van der Waals surface area contributed by atoms with Crippen molar-refractivity contribution in [1.82, 2.24) is 4.90 Å². The van der Waals surface area contributed by atoms with Gasteiger partial charge in [-0.15, -0.1) is 0 Å². The van der Waals surface area contributed by atoms with Gasteiger partial charge in [-0.3, -0.25) is 9.47 Å². The number of hydrogen-bond donors (Lipinski definition) is 1. The second-order valence-electron chi connectivity index (χ2n) is 8.21. The van der Waals surface area contributed by atoms with Crippen LogP contribution in [0.15, 0.2) is 0 Å². The smallest absolute Gasteiger partial charge is 0.330 e. The van der Waals surface area contributed by atoms with E-state index < -0.39 is 11.9 Å². The van der Waals surface area contributed by atoms with Crippen molar-refractivity contribution < 1.29 is 14.6 Å². The molecule has 4 nitrogen and oxygen atoms in total. The van der Waals surface area contributed by atoms with Gasteiger partial charge >= 0.3 is 6.10 Å². The van der Waals surface area contributed by atoms with E-state index in [0.717, 1.165) is 38.8 Å². The Balaban J connectivity index is 1.74. The van der Waals surface area contributed by atoms with Crippen molar-refractivity contribution in [3.63, 3.8) is 0 Å². The SMILES string of the molecule is CCCCCCCCCC(CCCC)C1(C)OC(O)(N2CCCC2)O1. The summed E-state index contributed by atoms with van der Waals surface area (Å²) in [5.74, 6) is -0.236. The largest absolute Gasteiger partial charge is 0.355 e. The van der Waals surface area contributed by atoms with Crippen LogP contribution in [0.1, 0.15) is 104 Å². The van der Waals surface area contributed by atoms with Gasteiger partial charge < -0.3 is 5.11 Å². The molecule has 2 aliphatic rings. The van der Waals surface area contributed by atoms with Crippen molar-refractivity contribution in [1.29, 1.82) is 0 Å². The fourth-order valence-corrected chi connectivity index (χ4v) is 4.30. The van der Waals surface area contributed by atoms with Crippen LogP contribution in [0.4, 0.5) is 0 Å². The molecule has 1 N–H and O–H groups in total. The maximum Gasteiger partial charge on any atom is 0.355 e. The van der Waals surface area contributed by atoms with E-state index in [-0.39, 0.29) is 0 Å². The topological polar surface area (TPSA) is 41.9 Å². The van der Waals surface area contributed by atoms with Gasteiger partial charge in [0.15, 0.2) is 5.79 Å². The minimum absolute atomic E-state index is 0.381. The van der Waals surface area contributed by atoms with Gasteiger partial charge in [-0.05, 0) is 32.6 Å². The Morgan fingerprint density at radius 1 is 0.840 bits per heavy atom. The zero-order valence-corrected chi connectivity index (χ0v) is 16.9. The van der Waals surface area contributed by atoms with E-state index in [1.54, 1.807) is 0 Å². The van der Waals surface area contributed by atoms with Gasteiger partial charge in [-0.1, -0.05) is 71.6 Å². The summed E-state index contributed by atoms with van der Waals surface area (Å²) >= 11 is 0. The molecule has 2 aliphatic heterocycles. The number of rotatable bonds is 13. The highest BCUT2D eigenvalue weighted by atomic mass is 17.0. The van der Waals surface area contributed by atoms with Crippen molar-refractivity contribution in [2.75, 3.05) is 13.1 Å². The van der Waals surface area contributed by atoms with E-state index in [0.29, 0.717) is 5.92 Å². The molecule has 1 atom stereocenters. The zero-order chi connectivity index (χ0) is 18.2. The third-order valence-electron chi connectivity index (χ3n) is 5.98. The first-order valence-corrected chi connectivity index (χ1v) is 10.9. The third-order valence-corrected chi connectivity index (χ3v) is 5.98. The predicted octanol–water partition coefficient (Wildman–Crippen LogP) is 5.40. The summed E-state index contributed by atoms with van der Waals surface area (Å²) in [7, 11) is 0. The van der Waals surface area contributed by atoms with Crippen LogP contribution in [0, 0.1) is 5.92 Å². The highest BCUT2D eigenvalue weighted by molar-refractivity contribution is 4.87. The van der Waals surface area contributed by atoms with Crippen molar-refractivity contribution in [3.05, 3.63) is 0 Å². The summed E-state index contributed by atoms with van der Waals surface area (Å²) in [6, 6.07) is 0. The summed E-state index contributed by atoms with van der Waals surface area (Å²) in [4.78, 5) is 1.93. The molecular formula is C21H41NO3. The number of ether oxygens (including phenoxy) is 2.